The topological polar surface area (TPSA) is 57.6 Å². The Morgan fingerprint density at radius 2 is 2.11 bits per heavy atom. The van der Waals surface area contributed by atoms with Crippen molar-refractivity contribution in [3.05, 3.63) is 41.2 Å². The van der Waals surface area contributed by atoms with E-state index >= 15 is 0 Å². The van der Waals surface area contributed by atoms with E-state index in [-0.39, 0.29) is 17.5 Å². The molecule has 1 aliphatic carbocycles. The van der Waals surface area contributed by atoms with Crippen LogP contribution in [0.5, 0.6) is 0 Å². The van der Waals surface area contributed by atoms with E-state index in [2.05, 4.69) is 0 Å². The molecule has 0 aliphatic heterocycles. The van der Waals surface area contributed by atoms with Crippen molar-refractivity contribution in [3.63, 3.8) is 0 Å². The summed E-state index contributed by atoms with van der Waals surface area (Å²) >= 11 is 0. The Kier molecular flexibility index (Phi) is 3.64. The third-order valence-electron chi connectivity index (χ3n) is 3.06. The second-order valence-corrected chi connectivity index (χ2v) is 4.56. The third-order valence-corrected chi connectivity index (χ3v) is 3.06. The van der Waals surface area contributed by atoms with Crippen molar-refractivity contribution in [1.82, 2.24) is 4.90 Å². The van der Waals surface area contributed by atoms with Gasteiger partial charge in [-0.2, -0.15) is 0 Å². The summed E-state index contributed by atoms with van der Waals surface area (Å²) in [5, 5.41) is 8.49. The van der Waals surface area contributed by atoms with Crippen molar-refractivity contribution in [2.45, 2.75) is 18.9 Å². The highest BCUT2D eigenvalue weighted by Gasteiger charge is 2.31. The van der Waals surface area contributed by atoms with Gasteiger partial charge in [-0.25, -0.2) is 9.18 Å². The third kappa shape index (κ3) is 3.19. The maximum atomic E-state index is 13.8. The summed E-state index contributed by atoms with van der Waals surface area (Å²) in [5.74, 6) is -2.08. The van der Waals surface area contributed by atoms with E-state index in [1.54, 1.807) is 11.9 Å². The van der Waals surface area contributed by atoms with Gasteiger partial charge in [0.25, 0.3) is 5.91 Å². The van der Waals surface area contributed by atoms with Crippen LogP contribution in [-0.4, -0.2) is 35.0 Å². The predicted molar refractivity (Wildman–Crippen MR) is 68.2 cm³/mol. The fraction of sp³-hybridized carbons (Fsp3) is 0.286. The van der Waals surface area contributed by atoms with Crippen molar-refractivity contribution in [3.8, 4) is 0 Å². The minimum Gasteiger partial charge on any atom is -0.478 e. The Hall–Kier alpha value is -2.17. The minimum absolute atomic E-state index is 0.0156. The zero-order valence-electron chi connectivity index (χ0n) is 10.5. The van der Waals surface area contributed by atoms with Gasteiger partial charge in [0.15, 0.2) is 0 Å². The first-order valence-corrected chi connectivity index (χ1v) is 5.97. The van der Waals surface area contributed by atoms with Crippen molar-refractivity contribution < 1.29 is 19.1 Å². The molecule has 1 N–H and O–H groups in total. The van der Waals surface area contributed by atoms with Gasteiger partial charge < -0.3 is 10.0 Å². The number of benzene rings is 1. The molecule has 5 heteroatoms. The number of nitrogens with zero attached hydrogens (tertiary/aromatic N) is 1. The summed E-state index contributed by atoms with van der Waals surface area (Å²) in [5.41, 5.74) is 0.424. The maximum Gasteiger partial charge on any atom is 0.328 e. The molecule has 0 atom stereocenters. The molecule has 4 nitrogen and oxygen atoms in total. The molecule has 0 saturated heterocycles. The van der Waals surface area contributed by atoms with E-state index in [4.69, 9.17) is 5.11 Å². The summed E-state index contributed by atoms with van der Waals surface area (Å²) in [4.78, 5) is 23.9. The highest BCUT2D eigenvalue weighted by Crippen LogP contribution is 2.27. The number of carboxylic acid groups (broad SMARTS) is 1. The predicted octanol–water partition coefficient (Wildman–Crippen LogP) is 2.16. The normalized spacial score (nSPS) is 14.6. The highest BCUT2D eigenvalue weighted by molar-refractivity contribution is 5.95. The van der Waals surface area contributed by atoms with Gasteiger partial charge in [0.1, 0.15) is 5.82 Å². The average Bonchev–Trinajstić information content (AvgIpc) is 3.19. The fourth-order valence-corrected chi connectivity index (χ4v) is 1.79. The van der Waals surface area contributed by atoms with E-state index in [9.17, 15) is 14.0 Å². The number of rotatable bonds is 4. The summed E-state index contributed by atoms with van der Waals surface area (Å²) in [7, 11) is 1.66. The van der Waals surface area contributed by atoms with Gasteiger partial charge in [0.05, 0.1) is 5.56 Å². The van der Waals surface area contributed by atoms with Crippen molar-refractivity contribution >= 4 is 18.0 Å². The van der Waals surface area contributed by atoms with E-state index in [0.717, 1.165) is 25.0 Å². The van der Waals surface area contributed by atoms with Crippen LogP contribution >= 0.6 is 0 Å². The second-order valence-electron chi connectivity index (χ2n) is 4.56. The van der Waals surface area contributed by atoms with Crippen LogP contribution < -0.4 is 0 Å². The van der Waals surface area contributed by atoms with Crippen LogP contribution in [0, 0.1) is 5.82 Å². The number of hydrogen-bond acceptors (Lipinski definition) is 2. The number of hydrogen-bond donors (Lipinski definition) is 1. The smallest absolute Gasteiger partial charge is 0.328 e. The Balaban J connectivity index is 2.18. The first kappa shape index (κ1) is 13.3. The lowest BCUT2D eigenvalue weighted by molar-refractivity contribution is -0.131. The van der Waals surface area contributed by atoms with E-state index in [1.807, 2.05) is 0 Å². The van der Waals surface area contributed by atoms with Gasteiger partial charge in [-0.15, -0.1) is 0 Å². The minimum atomic E-state index is -1.10. The molecular weight excluding hydrogens is 249 g/mol. The number of carbonyl (C=O) groups is 2. The van der Waals surface area contributed by atoms with Gasteiger partial charge in [0.2, 0.25) is 0 Å². The Labute approximate surface area is 110 Å². The lowest BCUT2D eigenvalue weighted by Crippen LogP contribution is -2.29. The average molecular weight is 263 g/mol. The monoisotopic (exact) mass is 263 g/mol. The first-order chi connectivity index (χ1) is 8.99. The number of aliphatic carboxylic acids is 1. The molecule has 100 valence electrons. The molecule has 0 aromatic heterocycles. The van der Waals surface area contributed by atoms with E-state index < -0.39 is 11.8 Å². The highest BCUT2D eigenvalue weighted by atomic mass is 19.1. The van der Waals surface area contributed by atoms with Crippen molar-refractivity contribution in [2.75, 3.05) is 7.05 Å². The zero-order valence-corrected chi connectivity index (χ0v) is 10.5. The van der Waals surface area contributed by atoms with Gasteiger partial charge in [-0.05, 0) is 36.6 Å². The maximum absolute atomic E-state index is 13.8. The van der Waals surface area contributed by atoms with E-state index in [1.165, 1.54) is 18.2 Å². The summed E-state index contributed by atoms with van der Waals surface area (Å²) in [6, 6.07) is 4.29. The number of amides is 1. The Bertz CT molecular complexity index is 550. The lowest BCUT2D eigenvalue weighted by Gasteiger charge is -2.16. The molecule has 0 bridgehead atoms. The van der Waals surface area contributed by atoms with Crippen molar-refractivity contribution in [1.29, 1.82) is 0 Å². The van der Waals surface area contributed by atoms with Crippen LogP contribution in [-0.2, 0) is 4.79 Å². The van der Waals surface area contributed by atoms with Crippen LogP contribution in [0.4, 0.5) is 4.39 Å². The van der Waals surface area contributed by atoms with E-state index in [0.29, 0.717) is 5.56 Å². The molecule has 19 heavy (non-hydrogen) atoms. The standard InChI is InChI=1S/C14H14FNO3/c1-16(10-4-5-10)14(19)11-6-2-9(8-12(11)15)3-7-13(17)18/h2-3,6-8,10H,4-5H2,1H3,(H,17,18)/b7-3+. The van der Waals surface area contributed by atoms with Crippen LogP contribution in [0.1, 0.15) is 28.8 Å². The van der Waals surface area contributed by atoms with Gasteiger partial charge in [-0.3, -0.25) is 4.79 Å². The van der Waals surface area contributed by atoms with Gasteiger partial charge in [0, 0.05) is 19.2 Å². The molecule has 1 aliphatic rings. The summed E-state index contributed by atoms with van der Waals surface area (Å²) < 4.78 is 13.8. The number of carbonyl (C=O) groups excluding carboxylic acids is 1. The van der Waals surface area contributed by atoms with Gasteiger partial charge >= 0.3 is 5.97 Å². The molecule has 1 amide bonds. The van der Waals surface area contributed by atoms with Crippen LogP contribution in [0.3, 0.4) is 0 Å². The largest absolute Gasteiger partial charge is 0.478 e. The summed E-state index contributed by atoms with van der Waals surface area (Å²) in [6.45, 7) is 0. The summed E-state index contributed by atoms with van der Waals surface area (Å²) in [6.07, 6.45) is 4.13. The number of halogens is 1. The molecule has 1 fully saturated rings. The van der Waals surface area contributed by atoms with Gasteiger partial charge in [-0.1, -0.05) is 6.07 Å². The molecule has 0 heterocycles. The van der Waals surface area contributed by atoms with Crippen LogP contribution in [0.15, 0.2) is 24.3 Å². The molecule has 1 saturated carbocycles. The molecule has 0 radical (unpaired) electrons. The first-order valence-electron chi connectivity index (χ1n) is 5.97. The molecule has 0 spiro atoms. The Morgan fingerprint density at radius 1 is 1.42 bits per heavy atom. The lowest BCUT2D eigenvalue weighted by atomic mass is 10.1. The zero-order chi connectivity index (χ0) is 14.0. The van der Waals surface area contributed by atoms with Crippen LogP contribution in [0.2, 0.25) is 0 Å². The molecule has 1 aromatic rings. The fourth-order valence-electron chi connectivity index (χ4n) is 1.79. The quantitative estimate of drug-likeness (QED) is 0.847. The molecule has 1 aromatic carbocycles. The molecule has 2 rings (SSSR count). The van der Waals surface area contributed by atoms with Crippen molar-refractivity contribution in [2.24, 2.45) is 0 Å². The molecule has 0 unspecified atom stereocenters. The Morgan fingerprint density at radius 3 is 2.63 bits per heavy atom. The van der Waals surface area contributed by atoms with Crippen LogP contribution in [0.25, 0.3) is 6.08 Å². The number of carboxylic acids is 1. The SMILES string of the molecule is CN(C(=O)c1ccc(/C=C/C(=O)O)cc1F)C1CC1. The molecular formula is C14H14FNO3. The second kappa shape index (κ2) is 5.22.